The van der Waals surface area contributed by atoms with Gasteiger partial charge in [0.1, 0.15) is 22.4 Å². The number of Topliss-reactive ketones (excluding diaryl/α,β-unsaturated/α-hetero) is 1. The minimum atomic E-state index is -5.94. The van der Waals surface area contributed by atoms with Gasteiger partial charge in [0.2, 0.25) is 12.2 Å². The fourth-order valence-electron chi connectivity index (χ4n) is 10.3. The fraction of sp³-hybridized carbons (Fsp3) is 0.868. The highest BCUT2D eigenvalue weighted by molar-refractivity contribution is 5.92. The summed E-state index contributed by atoms with van der Waals surface area (Å²) in [4.78, 5) is 33.3. The van der Waals surface area contributed by atoms with Crippen molar-refractivity contribution in [1.82, 2.24) is 0 Å². The maximum atomic E-state index is 14.2. The Morgan fingerprint density at radius 3 is 0.967 bits per heavy atom. The quantitative estimate of drug-likeness (QED) is 0.0351. The molecule has 5 fully saturated rings. The maximum Gasteiger partial charge on any atom is 0.456 e. The Bertz CT molecular complexity index is 2370. The van der Waals surface area contributed by atoms with Gasteiger partial charge in [-0.2, -0.15) is 101 Å². The average molecular weight is 1390 g/mol. The Hall–Kier alpha value is -3.98. The molecule has 0 aromatic heterocycles. The highest BCUT2D eigenvalue weighted by atomic mass is 19.4. The van der Waals surface area contributed by atoms with Crippen LogP contribution in [0.4, 0.5) is 110 Å². The molecule has 5 aliphatic carbocycles. The van der Waals surface area contributed by atoms with Crippen molar-refractivity contribution >= 4 is 17.7 Å². The predicted molar refractivity (Wildman–Crippen MR) is 263 cm³/mol. The molecule has 0 heterocycles. The Morgan fingerprint density at radius 2 is 0.681 bits per heavy atom. The number of aliphatic hydroxyl groups is 8. The number of halogens is 25. The minimum absolute atomic E-state index is 0.111. The molecule has 0 aliphatic heterocycles. The molecule has 3 unspecified atom stereocenters. The SMILES string of the molecule is C=C(C)C(=O)OC(C(F)(F)F)C(F)(F)C1(O)CCCCC1.C=C(C)C(=O)OC1(C(F)(F)C(O)C(F)(F)F)CCCCC1.O=C(C(F)(F)F)C(F)(F)C1(O)CCCCC1.OC(C(F)(F)F)C(F)(F)C1(O)CCCCC1.OC1(C(F)(F)C(O)(O)C(F)(F)F)CCCCC1. The zero-order valence-electron chi connectivity index (χ0n) is 48.4. The fourth-order valence-corrected chi connectivity index (χ4v) is 10.3. The summed E-state index contributed by atoms with van der Waals surface area (Å²) in [6.07, 6.45) is -39.7. The summed E-state index contributed by atoms with van der Waals surface area (Å²) in [6.45, 7) is 8.53. The summed E-state index contributed by atoms with van der Waals surface area (Å²) < 4.78 is 330. The van der Waals surface area contributed by atoms with Gasteiger partial charge in [-0.3, -0.25) is 4.79 Å². The topological polar surface area (TPSA) is 232 Å². The van der Waals surface area contributed by atoms with Crippen LogP contribution in [-0.2, 0) is 23.9 Å². The number of carbonyl (C=O) groups is 3. The summed E-state index contributed by atoms with van der Waals surface area (Å²) >= 11 is 0. The van der Waals surface area contributed by atoms with Gasteiger partial charge in [-0.1, -0.05) is 96.6 Å². The van der Waals surface area contributed by atoms with Crippen molar-refractivity contribution in [1.29, 1.82) is 0 Å². The third kappa shape index (κ3) is 20.1. The van der Waals surface area contributed by atoms with E-state index < -0.39 is 200 Å². The zero-order valence-corrected chi connectivity index (χ0v) is 48.4. The number of hydrogen-bond acceptors (Lipinski definition) is 13. The molecule has 0 bridgehead atoms. The van der Waals surface area contributed by atoms with Gasteiger partial charge in [0.15, 0.2) is 5.60 Å². The molecule has 0 aromatic carbocycles. The number of hydrogen-bond donors (Lipinski definition) is 8. The smallest absolute Gasteiger partial charge is 0.449 e. The lowest BCUT2D eigenvalue weighted by molar-refractivity contribution is -0.443. The first-order valence-corrected chi connectivity index (χ1v) is 27.8. The molecule has 5 aliphatic rings. The molecular weight excluding hydrogens is 1320 g/mol. The Labute approximate surface area is 503 Å². The molecule has 8 N–H and O–H groups in total. The third-order valence-electron chi connectivity index (χ3n) is 15.9. The van der Waals surface area contributed by atoms with Gasteiger partial charge in [-0.15, -0.1) is 0 Å². The van der Waals surface area contributed by atoms with Gasteiger partial charge in [-0.25, -0.2) is 18.4 Å². The normalized spacial score (nSPS) is 21.9. The number of esters is 2. The van der Waals surface area contributed by atoms with Crippen molar-refractivity contribution in [3.8, 4) is 0 Å². The largest absolute Gasteiger partial charge is 0.456 e. The zero-order chi connectivity index (χ0) is 71.7. The van der Waals surface area contributed by atoms with Crippen molar-refractivity contribution in [2.24, 2.45) is 0 Å². The number of aliphatic hydroxyl groups excluding tert-OH is 2. The molecule has 5 saturated carbocycles. The van der Waals surface area contributed by atoms with E-state index in [1.807, 2.05) is 0 Å². The van der Waals surface area contributed by atoms with Crippen LogP contribution in [0.3, 0.4) is 0 Å². The second-order valence-electron chi connectivity index (χ2n) is 23.1. The number of carbonyl (C=O) groups excluding carboxylic acids is 3. The summed E-state index contributed by atoms with van der Waals surface area (Å²) in [7, 11) is 0. The number of ether oxygens (including phenoxy) is 2. The maximum absolute atomic E-state index is 14.2. The molecule has 38 heteroatoms. The summed E-state index contributed by atoms with van der Waals surface area (Å²) in [5, 5.41) is 73.3. The molecule has 0 spiro atoms. The summed E-state index contributed by atoms with van der Waals surface area (Å²) in [6, 6.07) is 0. The van der Waals surface area contributed by atoms with E-state index in [0.717, 1.165) is 6.92 Å². The molecular formula is C53H71F25O13. The molecule has 536 valence electrons. The van der Waals surface area contributed by atoms with Crippen LogP contribution in [0.15, 0.2) is 24.3 Å². The van der Waals surface area contributed by atoms with Crippen molar-refractivity contribution in [2.75, 3.05) is 0 Å². The van der Waals surface area contributed by atoms with Crippen LogP contribution in [0.1, 0.15) is 174 Å². The van der Waals surface area contributed by atoms with E-state index in [1.54, 1.807) is 0 Å². The lowest BCUT2D eigenvalue weighted by Crippen LogP contribution is -2.68. The van der Waals surface area contributed by atoms with Gasteiger partial charge in [-0.05, 0) is 90.9 Å². The van der Waals surface area contributed by atoms with E-state index in [1.165, 1.54) is 6.92 Å². The van der Waals surface area contributed by atoms with Crippen LogP contribution in [0.2, 0.25) is 0 Å². The van der Waals surface area contributed by atoms with Crippen LogP contribution in [0, 0.1) is 0 Å². The Kier molecular flexibility index (Phi) is 28.4. The van der Waals surface area contributed by atoms with Gasteiger partial charge in [0.05, 0.1) is 0 Å². The van der Waals surface area contributed by atoms with Crippen molar-refractivity contribution in [3.63, 3.8) is 0 Å². The molecule has 13 nitrogen and oxygen atoms in total. The standard InChI is InChI=1S/2C13H17F5O3.C9H13F5O3.C9H13F5O2.C9H11F5O2/c1-8(2)9(19)21-10(13(16,17)18)12(14,15)11(20)6-4-3-5-7-11;1-8(2)9(19)21-11(6-4-3-5-7-11)12(14,15)10(20)13(16,17)18;10-7(11,8(16,17)9(12,13)14)6(15)4-2-1-3-5-6;2*10-8(11,6(15)9(12,13)14)7(16)4-2-1-3-5-7/h2*10,20H,1,3-7H2,2H3;15-17H,1-5H2;6,15-16H,1-5H2;16H,1-5H2. The van der Waals surface area contributed by atoms with Gasteiger partial charge in [0.25, 0.3) is 6.10 Å². The molecule has 0 radical (unpaired) electrons. The lowest BCUT2D eigenvalue weighted by atomic mass is 9.77. The highest BCUT2D eigenvalue weighted by Gasteiger charge is 2.76. The first kappa shape index (κ1) is 85.0. The second kappa shape index (κ2) is 30.4. The molecule has 0 amide bonds. The molecule has 0 aromatic rings. The molecule has 0 saturated heterocycles. The van der Waals surface area contributed by atoms with E-state index >= 15 is 0 Å². The first-order valence-electron chi connectivity index (χ1n) is 27.8. The molecule has 3 atom stereocenters. The number of rotatable bonds is 14. The predicted octanol–water partition coefficient (Wildman–Crippen LogP) is 13.0. The van der Waals surface area contributed by atoms with Crippen LogP contribution >= 0.6 is 0 Å². The van der Waals surface area contributed by atoms with Crippen molar-refractivity contribution < 1.29 is 174 Å². The number of ketones is 1. The summed E-state index contributed by atoms with van der Waals surface area (Å²) in [5.74, 6) is -34.8. The van der Waals surface area contributed by atoms with Crippen molar-refractivity contribution in [2.45, 2.75) is 287 Å². The Morgan fingerprint density at radius 1 is 0.396 bits per heavy atom. The van der Waals surface area contributed by atoms with Gasteiger partial charge >= 0.3 is 84.0 Å². The highest BCUT2D eigenvalue weighted by Crippen LogP contribution is 2.53. The lowest BCUT2D eigenvalue weighted by Gasteiger charge is -2.44. The monoisotopic (exact) mass is 1390 g/mol. The average Bonchev–Trinajstić information content (AvgIpc) is 0.769. The van der Waals surface area contributed by atoms with Crippen LogP contribution in [-0.4, -0.2) is 171 Å². The van der Waals surface area contributed by atoms with Crippen LogP contribution in [0.5, 0.6) is 0 Å². The minimum Gasteiger partial charge on any atom is -0.449 e. The third-order valence-corrected chi connectivity index (χ3v) is 15.9. The Balaban J connectivity index is 0.000000572. The summed E-state index contributed by atoms with van der Waals surface area (Å²) in [5.41, 5.74) is -14.8. The second-order valence-corrected chi connectivity index (χ2v) is 23.1. The van der Waals surface area contributed by atoms with E-state index in [4.69, 9.17) is 20.4 Å². The van der Waals surface area contributed by atoms with Gasteiger partial charge in [0, 0.05) is 11.1 Å². The molecule has 91 heavy (non-hydrogen) atoms. The van der Waals surface area contributed by atoms with E-state index in [-0.39, 0.29) is 69.8 Å². The molecule has 5 rings (SSSR count). The van der Waals surface area contributed by atoms with E-state index in [9.17, 15) is 145 Å². The van der Waals surface area contributed by atoms with Crippen LogP contribution in [0.25, 0.3) is 0 Å². The van der Waals surface area contributed by atoms with Crippen LogP contribution < -0.4 is 0 Å². The first-order chi connectivity index (χ1) is 40.5. The number of alkyl halides is 25. The van der Waals surface area contributed by atoms with E-state index in [2.05, 4.69) is 22.6 Å². The van der Waals surface area contributed by atoms with Crippen molar-refractivity contribution in [3.05, 3.63) is 24.3 Å². The van der Waals surface area contributed by atoms with Gasteiger partial charge < -0.3 is 50.3 Å². The van der Waals surface area contributed by atoms with E-state index in [0.29, 0.717) is 32.1 Å².